The fourth-order valence-corrected chi connectivity index (χ4v) is 2.27. The summed E-state index contributed by atoms with van der Waals surface area (Å²) in [5.74, 6) is 0. The van der Waals surface area contributed by atoms with Gasteiger partial charge >= 0.3 is 0 Å². The van der Waals surface area contributed by atoms with E-state index in [0.717, 1.165) is 12.1 Å². The van der Waals surface area contributed by atoms with Crippen molar-refractivity contribution in [2.45, 2.75) is 44.5 Å². The second-order valence-electron chi connectivity index (χ2n) is 5.05. The highest BCUT2D eigenvalue weighted by Gasteiger charge is 2.20. The van der Waals surface area contributed by atoms with Gasteiger partial charge in [0.1, 0.15) is 0 Å². The fourth-order valence-electron chi connectivity index (χ4n) is 1.58. The minimum absolute atomic E-state index is 0.425. The van der Waals surface area contributed by atoms with Crippen LogP contribution in [-0.4, -0.2) is 19.7 Å². The molecule has 0 atom stereocenters. The predicted molar refractivity (Wildman–Crippen MR) is 74.0 cm³/mol. The second kappa shape index (κ2) is 5.28. The van der Waals surface area contributed by atoms with E-state index in [1.807, 2.05) is 18.2 Å². The number of anilines is 1. The Bertz CT molecular complexity index is 507. The van der Waals surface area contributed by atoms with Crippen molar-refractivity contribution in [1.82, 2.24) is 5.32 Å². The van der Waals surface area contributed by atoms with Gasteiger partial charge in [-0.25, -0.2) is 8.42 Å². The molecule has 1 aliphatic rings. The molecule has 1 aliphatic carbocycles. The Morgan fingerprint density at radius 2 is 2.06 bits per heavy atom. The first kappa shape index (κ1) is 13.4. The van der Waals surface area contributed by atoms with Gasteiger partial charge in [-0.1, -0.05) is 12.1 Å². The van der Waals surface area contributed by atoms with Gasteiger partial charge in [-0.3, -0.25) is 4.72 Å². The highest BCUT2D eigenvalue weighted by molar-refractivity contribution is 7.93. The molecule has 0 heterocycles. The molecule has 0 bridgehead atoms. The third-order valence-corrected chi connectivity index (χ3v) is 4.74. The molecule has 18 heavy (non-hydrogen) atoms. The molecule has 1 saturated carbocycles. The number of rotatable bonds is 6. The summed E-state index contributed by atoms with van der Waals surface area (Å²) in [6.07, 6.45) is 2.50. The van der Waals surface area contributed by atoms with Gasteiger partial charge in [0, 0.05) is 18.3 Å². The average molecular weight is 268 g/mol. The minimum atomic E-state index is -3.26. The highest BCUT2D eigenvalue weighted by Crippen LogP contribution is 2.20. The van der Waals surface area contributed by atoms with E-state index in [0.29, 0.717) is 11.7 Å². The molecule has 0 unspecified atom stereocenters. The van der Waals surface area contributed by atoms with Crippen LogP contribution in [0.1, 0.15) is 32.3 Å². The Morgan fingerprint density at radius 1 is 1.33 bits per heavy atom. The Hall–Kier alpha value is -1.07. The van der Waals surface area contributed by atoms with Crippen LogP contribution in [0, 0.1) is 0 Å². The third-order valence-electron chi connectivity index (χ3n) is 2.98. The van der Waals surface area contributed by atoms with Gasteiger partial charge < -0.3 is 5.32 Å². The summed E-state index contributed by atoms with van der Waals surface area (Å²) in [6.45, 7) is 4.13. The van der Waals surface area contributed by atoms with Crippen molar-refractivity contribution in [2.24, 2.45) is 0 Å². The summed E-state index contributed by atoms with van der Waals surface area (Å²) >= 11 is 0. The molecule has 2 rings (SSSR count). The number of benzene rings is 1. The van der Waals surface area contributed by atoms with Crippen molar-refractivity contribution in [3.05, 3.63) is 29.8 Å². The molecular weight excluding hydrogens is 248 g/mol. The maximum absolute atomic E-state index is 11.8. The first-order valence-corrected chi connectivity index (χ1v) is 7.86. The van der Waals surface area contributed by atoms with Gasteiger partial charge in [-0.05, 0) is 44.4 Å². The highest BCUT2D eigenvalue weighted by atomic mass is 32.2. The Labute approximate surface area is 109 Å². The topological polar surface area (TPSA) is 58.2 Å². The van der Waals surface area contributed by atoms with E-state index < -0.39 is 15.3 Å². The molecule has 0 spiro atoms. The van der Waals surface area contributed by atoms with Crippen molar-refractivity contribution >= 4 is 15.7 Å². The van der Waals surface area contributed by atoms with E-state index in [4.69, 9.17) is 0 Å². The quantitative estimate of drug-likeness (QED) is 0.830. The summed E-state index contributed by atoms with van der Waals surface area (Å²) in [7, 11) is -3.26. The Kier molecular flexibility index (Phi) is 3.92. The maximum atomic E-state index is 11.8. The SMILES string of the molecule is CC(C)S(=O)(=O)Nc1cccc(CNC2CC2)c1. The molecule has 1 fully saturated rings. The molecule has 2 N–H and O–H groups in total. The van der Waals surface area contributed by atoms with Gasteiger partial charge in [0.15, 0.2) is 0 Å². The molecule has 100 valence electrons. The largest absolute Gasteiger partial charge is 0.310 e. The summed E-state index contributed by atoms with van der Waals surface area (Å²) in [5.41, 5.74) is 1.74. The van der Waals surface area contributed by atoms with Gasteiger partial charge in [0.2, 0.25) is 10.0 Å². The molecule has 4 nitrogen and oxygen atoms in total. The van der Waals surface area contributed by atoms with Crippen LogP contribution in [0.25, 0.3) is 0 Å². The average Bonchev–Trinajstić information content (AvgIpc) is 3.10. The zero-order valence-corrected chi connectivity index (χ0v) is 11.6. The molecule has 0 radical (unpaired) electrons. The molecule has 5 heteroatoms. The van der Waals surface area contributed by atoms with E-state index >= 15 is 0 Å². The lowest BCUT2D eigenvalue weighted by molar-refractivity contribution is 0.593. The van der Waals surface area contributed by atoms with Crippen molar-refractivity contribution in [1.29, 1.82) is 0 Å². The van der Waals surface area contributed by atoms with E-state index in [-0.39, 0.29) is 0 Å². The van der Waals surface area contributed by atoms with Crippen LogP contribution >= 0.6 is 0 Å². The van der Waals surface area contributed by atoms with Gasteiger partial charge in [-0.2, -0.15) is 0 Å². The van der Waals surface area contributed by atoms with Gasteiger partial charge in [0.25, 0.3) is 0 Å². The molecule has 1 aromatic carbocycles. The van der Waals surface area contributed by atoms with Crippen LogP contribution in [0.2, 0.25) is 0 Å². The summed E-state index contributed by atoms with van der Waals surface area (Å²) in [5, 5.41) is 2.98. The number of hydrogen-bond acceptors (Lipinski definition) is 3. The zero-order valence-electron chi connectivity index (χ0n) is 10.8. The van der Waals surface area contributed by atoms with E-state index in [1.54, 1.807) is 19.9 Å². The predicted octanol–water partition coefficient (Wildman–Crippen LogP) is 2.09. The Balaban J connectivity index is 2.02. The molecular formula is C13H20N2O2S. The number of hydrogen-bond donors (Lipinski definition) is 2. The molecule has 0 saturated heterocycles. The van der Waals surface area contributed by atoms with Crippen LogP contribution in [-0.2, 0) is 16.6 Å². The van der Waals surface area contributed by atoms with Gasteiger partial charge in [0.05, 0.1) is 5.25 Å². The minimum Gasteiger partial charge on any atom is -0.310 e. The van der Waals surface area contributed by atoms with Crippen molar-refractivity contribution in [2.75, 3.05) is 4.72 Å². The van der Waals surface area contributed by atoms with Crippen LogP contribution in [0.15, 0.2) is 24.3 Å². The monoisotopic (exact) mass is 268 g/mol. The van der Waals surface area contributed by atoms with Crippen molar-refractivity contribution in [3.63, 3.8) is 0 Å². The summed E-state index contributed by atoms with van der Waals surface area (Å²) in [6, 6.07) is 8.20. The zero-order chi connectivity index (χ0) is 13.2. The van der Waals surface area contributed by atoms with Crippen LogP contribution < -0.4 is 10.0 Å². The summed E-state index contributed by atoms with van der Waals surface area (Å²) in [4.78, 5) is 0. The lowest BCUT2D eigenvalue weighted by Crippen LogP contribution is -2.22. The standard InChI is InChI=1S/C13H20N2O2S/c1-10(2)18(16,17)15-13-5-3-4-11(8-13)9-14-12-6-7-12/h3-5,8,10,12,14-15H,6-7,9H2,1-2H3. The van der Waals surface area contributed by atoms with Crippen molar-refractivity contribution in [3.8, 4) is 0 Å². The number of nitrogens with one attached hydrogen (secondary N) is 2. The molecule has 0 aromatic heterocycles. The smallest absolute Gasteiger partial charge is 0.235 e. The molecule has 0 amide bonds. The fraction of sp³-hybridized carbons (Fsp3) is 0.538. The number of sulfonamides is 1. The van der Waals surface area contributed by atoms with E-state index in [9.17, 15) is 8.42 Å². The normalized spacial score (nSPS) is 15.9. The molecule has 0 aliphatic heterocycles. The van der Waals surface area contributed by atoms with Crippen LogP contribution in [0.5, 0.6) is 0 Å². The van der Waals surface area contributed by atoms with Crippen molar-refractivity contribution < 1.29 is 8.42 Å². The lowest BCUT2D eigenvalue weighted by atomic mass is 10.2. The van der Waals surface area contributed by atoms with E-state index in [2.05, 4.69) is 10.0 Å². The Morgan fingerprint density at radius 3 is 2.67 bits per heavy atom. The van der Waals surface area contributed by atoms with Crippen LogP contribution in [0.4, 0.5) is 5.69 Å². The third kappa shape index (κ3) is 3.71. The lowest BCUT2D eigenvalue weighted by Gasteiger charge is -2.12. The van der Waals surface area contributed by atoms with E-state index in [1.165, 1.54) is 12.8 Å². The molecule has 1 aromatic rings. The first-order chi connectivity index (χ1) is 8.47. The van der Waals surface area contributed by atoms with Gasteiger partial charge in [-0.15, -0.1) is 0 Å². The maximum Gasteiger partial charge on any atom is 0.235 e. The second-order valence-corrected chi connectivity index (χ2v) is 7.29. The summed E-state index contributed by atoms with van der Waals surface area (Å²) < 4.78 is 26.1. The first-order valence-electron chi connectivity index (χ1n) is 6.31. The van der Waals surface area contributed by atoms with Crippen LogP contribution in [0.3, 0.4) is 0 Å².